The molecule has 1 aromatic carbocycles. The third-order valence-corrected chi connectivity index (χ3v) is 6.48. The summed E-state index contributed by atoms with van der Waals surface area (Å²) in [4.78, 5) is 0.303. The van der Waals surface area contributed by atoms with Crippen molar-refractivity contribution in [2.75, 3.05) is 13.6 Å². The molecule has 0 spiro atoms. The molecule has 0 unspecified atom stereocenters. The van der Waals surface area contributed by atoms with Crippen LogP contribution >= 0.6 is 15.9 Å². The van der Waals surface area contributed by atoms with Gasteiger partial charge < -0.3 is 5.73 Å². The fourth-order valence-electron chi connectivity index (χ4n) is 1.99. The number of hydrogen-bond donors (Lipinski definition) is 1. The predicted molar refractivity (Wildman–Crippen MR) is 86.1 cm³/mol. The first-order chi connectivity index (χ1) is 9.34. The Morgan fingerprint density at radius 3 is 2.50 bits per heavy atom. The van der Waals surface area contributed by atoms with Gasteiger partial charge in [-0.15, -0.1) is 0 Å². The molecule has 0 heterocycles. The van der Waals surface area contributed by atoms with Gasteiger partial charge in [0.2, 0.25) is 10.0 Å². The van der Waals surface area contributed by atoms with Crippen LogP contribution in [0.5, 0.6) is 0 Å². The van der Waals surface area contributed by atoms with Crippen molar-refractivity contribution in [3.8, 4) is 0 Å². The Labute approximate surface area is 130 Å². The fraction of sp³-hybridized carbons (Fsp3) is 0.571. The number of unbranched alkanes of at least 4 members (excludes halogenated alkanes) is 2. The molecule has 0 aliphatic carbocycles. The lowest BCUT2D eigenvalue weighted by Gasteiger charge is -2.19. The van der Waals surface area contributed by atoms with Crippen LogP contribution in [0, 0.1) is 6.92 Å². The average molecular weight is 363 g/mol. The van der Waals surface area contributed by atoms with Crippen molar-refractivity contribution in [1.29, 1.82) is 0 Å². The Balaban J connectivity index is 3.11. The van der Waals surface area contributed by atoms with Gasteiger partial charge in [0.05, 0.1) is 4.90 Å². The molecule has 1 rings (SSSR count). The summed E-state index contributed by atoms with van der Waals surface area (Å²) < 4.78 is 27.3. The highest BCUT2D eigenvalue weighted by Gasteiger charge is 2.24. The maximum atomic E-state index is 12.6. The molecule has 0 bridgehead atoms. The van der Waals surface area contributed by atoms with Gasteiger partial charge in [-0.25, -0.2) is 12.7 Å². The van der Waals surface area contributed by atoms with Crippen LogP contribution in [0.3, 0.4) is 0 Å². The van der Waals surface area contributed by atoms with Gasteiger partial charge in [0.25, 0.3) is 0 Å². The highest BCUT2D eigenvalue weighted by Crippen LogP contribution is 2.29. The van der Waals surface area contributed by atoms with Gasteiger partial charge >= 0.3 is 0 Å². The Morgan fingerprint density at radius 2 is 1.95 bits per heavy atom. The molecule has 0 aliphatic rings. The van der Waals surface area contributed by atoms with Crippen LogP contribution in [-0.2, 0) is 16.6 Å². The van der Waals surface area contributed by atoms with Crippen LogP contribution in [0.4, 0.5) is 0 Å². The Hall–Kier alpha value is -0.430. The van der Waals surface area contributed by atoms with E-state index in [9.17, 15) is 8.42 Å². The summed E-state index contributed by atoms with van der Waals surface area (Å²) >= 11 is 3.38. The van der Waals surface area contributed by atoms with Gasteiger partial charge in [-0.3, -0.25) is 0 Å². The summed E-state index contributed by atoms with van der Waals surface area (Å²) in [7, 11) is -1.85. The maximum Gasteiger partial charge on any atom is 0.243 e. The van der Waals surface area contributed by atoms with E-state index in [-0.39, 0.29) is 0 Å². The third-order valence-electron chi connectivity index (χ3n) is 3.28. The minimum atomic E-state index is -3.47. The zero-order valence-electron chi connectivity index (χ0n) is 12.3. The van der Waals surface area contributed by atoms with Crippen LogP contribution in [0.15, 0.2) is 21.5 Å². The van der Waals surface area contributed by atoms with Crippen molar-refractivity contribution in [3.63, 3.8) is 0 Å². The molecule has 0 atom stereocenters. The second-order valence-electron chi connectivity index (χ2n) is 4.96. The van der Waals surface area contributed by atoms with Gasteiger partial charge in [0.1, 0.15) is 0 Å². The Morgan fingerprint density at radius 1 is 1.30 bits per heavy atom. The molecular weight excluding hydrogens is 340 g/mol. The monoisotopic (exact) mass is 362 g/mol. The number of nitrogens with two attached hydrogens (primary N) is 1. The Bertz CT molecular complexity index is 559. The van der Waals surface area contributed by atoms with Gasteiger partial charge in [0.15, 0.2) is 0 Å². The number of rotatable bonds is 7. The van der Waals surface area contributed by atoms with Crippen LogP contribution in [0.1, 0.15) is 37.3 Å². The van der Waals surface area contributed by atoms with Crippen LogP contribution < -0.4 is 5.73 Å². The molecule has 114 valence electrons. The molecule has 4 nitrogen and oxygen atoms in total. The molecular formula is C14H23BrN2O2S. The standard InChI is InChI=1S/C14H23BrN2O2S/c1-4-5-6-7-17(3)20(18,19)13-9-12(10-16)8-11(2)14(13)15/h8-9H,4-7,10,16H2,1-3H3. The molecule has 2 N–H and O–H groups in total. The highest BCUT2D eigenvalue weighted by atomic mass is 79.9. The molecule has 20 heavy (non-hydrogen) atoms. The third kappa shape index (κ3) is 4.04. The second kappa shape index (κ2) is 7.54. The summed E-state index contributed by atoms with van der Waals surface area (Å²) in [6.45, 7) is 4.84. The van der Waals surface area contributed by atoms with E-state index >= 15 is 0 Å². The molecule has 0 aromatic heterocycles. The van der Waals surface area contributed by atoms with E-state index in [4.69, 9.17) is 5.73 Å². The van der Waals surface area contributed by atoms with Crippen LogP contribution in [0.25, 0.3) is 0 Å². The number of sulfonamides is 1. The average Bonchev–Trinajstić information content (AvgIpc) is 2.41. The number of hydrogen-bond acceptors (Lipinski definition) is 3. The van der Waals surface area contributed by atoms with Gasteiger partial charge in [-0.05, 0) is 46.5 Å². The Kier molecular flexibility index (Phi) is 6.64. The summed E-state index contributed by atoms with van der Waals surface area (Å²) in [6.07, 6.45) is 2.97. The first-order valence-electron chi connectivity index (χ1n) is 6.80. The smallest absolute Gasteiger partial charge is 0.243 e. The van der Waals surface area contributed by atoms with Crippen molar-refractivity contribution >= 4 is 26.0 Å². The molecule has 0 fully saturated rings. The highest BCUT2D eigenvalue weighted by molar-refractivity contribution is 9.10. The van der Waals surface area contributed by atoms with E-state index in [0.717, 1.165) is 30.4 Å². The van der Waals surface area contributed by atoms with Crippen molar-refractivity contribution in [3.05, 3.63) is 27.7 Å². The van der Waals surface area contributed by atoms with Crippen LogP contribution in [-0.4, -0.2) is 26.3 Å². The maximum absolute atomic E-state index is 12.6. The normalized spacial score (nSPS) is 12.1. The van der Waals surface area contributed by atoms with Gasteiger partial charge in [-0.2, -0.15) is 0 Å². The van der Waals surface area contributed by atoms with E-state index in [1.54, 1.807) is 13.1 Å². The summed E-state index contributed by atoms with van der Waals surface area (Å²) in [5, 5.41) is 0. The lowest BCUT2D eigenvalue weighted by Crippen LogP contribution is -2.28. The van der Waals surface area contributed by atoms with Gasteiger partial charge in [0, 0.05) is 24.6 Å². The van der Waals surface area contributed by atoms with Gasteiger partial charge in [-0.1, -0.05) is 25.8 Å². The van der Waals surface area contributed by atoms with E-state index in [1.165, 1.54) is 4.31 Å². The predicted octanol–water partition coefficient (Wildman–Crippen LogP) is 3.03. The first-order valence-corrected chi connectivity index (χ1v) is 9.03. The molecule has 0 aliphatic heterocycles. The van der Waals surface area contributed by atoms with Crippen molar-refractivity contribution in [1.82, 2.24) is 4.31 Å². The summed E-state index contributed by atoms with van der Waals surface area (Å²) in [5.41, 5.74) is 7.34. The van der Waals surface area contributed by atoms with E-state index in [1.807, 2.05) is 13.0 Å². The van der Waals surface area contributed by atoms with E-state index in [2.05, 4.69) is 22.9 Å². The van der Waals surface area contributed by atoms with Crippen molar-refractivity contribution in [2.45, 2.75) is 44.6 Å². The fourth-order valence-corrected chi connectivity index (χ4v) is 4.22. The summed E-state index contributed by atoms with van der Waals surface area (Å²) in [6, 6.07) is 3.56. The topological polar surface area (TPSA) is 63.4 Å². The van der Waals surface area contributed by atoms with E-state index < -0.39 is 10.0 Å². The molecule has 0 saturated carbocycles. The first kappa shape index (κ1) is 17.6. The molecule has 0 radical (unpaired) electrons. The minimum absolute atomic E-state index is 0.303. The number of aryl methyl sites for hydroxylation is 1. The number of benzene rings is 1. The minimum Gasteiger partial charge on any atom is -0.326 e. The van der Waals surface area contributed by atoms with E-state index in [0.29, 0.717) is 22.5 Å². The molecule has 0 saturated heterocycles. The second-order valence-corrected chi connectivity index (χ2v) is 7.77. The zero-order chi connectivity index (χ0) is 15.3. The molecule has 6 heteroatoms. The lowest BCUT2D eigenvalue weighted by molar-refractivity contribution is 0.454. The number of nitrogens with zero attached hydrogens (tertiary/aromatic N) is 1. The largest absolute Gasteiger partial charge is 0.326 e. The van der Waals surface area contributed by atoms with Crippen molar-refractivity contribution < 1.29 is 8.42 Å². The summed E-state index contributed by atoms with van der Waals surface area (Å²) in [5.74, 6) is 0. The van der Waals surface area contributed by atoms with Crippen LogP contribution in [0.2, 0.25) is 0 Å². The zero-order valence-corrected chi connectivity index (χ0v) is 14.7. The lowest BCUT2D eigenvalue weighted by atomic mass is 10.1. The SMILES string of the molecule is CCCCCN(C)S(=O)(=O)c1cc(CN)cc(C)c1Br. The number of halogens is 1. The van der Waals surface area contributed by atoms with Crippen molar-refractivity contribution in [2.24, 2.45) is 5.73 Å². The quantitative estimate of drug-likeness (QED) is 0.758. The molecule has 1 aromatic rings. The molecule has 0 amide bonds.